The van der Waals surface area contributed by atoms with Gasteiger partial charge >= 0.3 is 0 Å². The van der Waals surface area contributed by atoms with E-state index in [4.69, 9.17) is 15.5 Å². The van der Waals surface area contributed by atoms with E-state index in [1.165, 1.54) is 55.4 Å². The molecule has 0 atom stereocenters. The third-order valence-electron chi connectivity index (χ3n) is 7.47. The predicted octanol–water partition coefficient (Wildman–Crippen LogP) is 6.45. The monoisotopic (exact) mass is 501 g/mol. The van der Waals surface area contributed by atoms with Crippen LogP contribution in [0.3, 0.4) is 0 Å². The van der Waals surface area contributed by atoms with Crippen LogP contribution in [0.5, 0.6) is 17.2 Å². The van der Waals surface area contributed by atoms with Gasteiger partial charge in [0.2, 0.25) is 0 Å². The van der Waals surface area contributed by atoms with Gasteiger partial charge in [0, 0.05) is 35.5 Å². The third-order valence-corrected chi connectivity index (χ3v) is 7.47. The number of nitrogens with one attached hydrogen (secondary N) is 1. The van der Waals surface area contributed by atoms with Crippen LogP contribution in [-0.4, -0.2) is 22.5 Å². The lowest BCUT2D eigenvalue weighted by atomic mass is 9.89. The maximum atomic E-state index is 11.6. The van der Waals surface area contributed by atoms with Crippen LogP contribution in [0.15, 0.2) is 42.5 Å². The summed E-state index contributed by atoms with van der Waals surface area (Å²) in [4.78, 5) is 16.6. The fourth-order valence-corrected chi connectivity index (χ4v) is 5.38. The first kappa shape index (κ1) is 26.7. The molecule has 0 saturated heterocycles. The number of hydrogen-bond donors (Lipinski definition) is 3. The zero-order valence-corrected chi connectivity index (χ0v) is 22.3. The first-order valence-electron chi connectivity index (χ1n) is 13.5. The first-order chi connectivity index (χ1) is 17.9. The van der Waals surface area contributed by atoms with E-state index in [0.717, 1.165) is 41.9 Å². The summed E-state index contributed by atoms with van der Waals surface area (Å²) in [6.07, 6.45) is 8.37. The van der Waals surface area contributed by atoms with Crippen LogP contribution >= 0.6 is 0 Å². The lowest BCUT2D eigenvalue weighted by Gasteiger charge is -2.23. The van der Waals surface area contributed by atoms with Gasteiger partial charge in [0.15, 0.2) is 0 Å². The minimum Gasteiger partial charge on any atom is -0.507 e. The van der Waals surface area contributed by atoms with Gasteiger partial charge in [0.05, 0.1) is 11.3 Å². The fourth-order valence-electron chi connectivity index (χ4n) is 5.38. The second kappa shape index (κ2) is 12.2. The highest BCUT2D eigenvalue weighted by atomic mass is 16.5. The molecule has 3 aromatic rings. The number of aryl methyl sites for hydroxylation is 3. The van der Waals surface area contributed by atoms with Gasteiger partial charge in [-0.15, -0.1) is 0 Å². The zero-order chi connectivity index (χ0) is 26.4. The molecule has 1 fully saturated rings. The minimum atomic E-state index is -0.679. The maximum absolute atomic E-state index is 11.6. The topological polar surface area (TPSA) is 97.5 Å². The number of carbonyl (C=O) groups is 1. The van der Waals surface area contributed by atoms with Gasteiger partial charge in [0.25, 0.3) is 5.91 Å². The molecule has 0 unspecified atom stereocenters. The Kier molecular flexibility index (Phi) is 8.82. The number of nitrogens with two attached hydrogens (primary N) is 1. The van der Waals surface area contributed by atoms with Crippen LogP contribution < -0.4 is 15.8 Å². The lowest BCUT2D eigenvalue weighted by Crippen LogP contribution is -2.24. The van der Waals surface area contributed by atoms with Crippen LogP contribution in [0.1, 0.15) is 78.7 Å². The molecule has 0 spiro atoms. The van der Waals surface area contributed by atoms with Crippen molar-refractivity contribution in [3.8, 4) is 28.5 Å². The molecule has 1 aromatic heterocycles. The molecule has 37 heavy (non-hydrogen) atoms. The number of hydrogen-bond acceptors (Lipinski definition) is 5. The van der Waals surface area contributed by atoms with E-state index in [1.54, 1.807) is 6.07 Å². The van der Waals surface area contributed by atoms with E-state index in [2.05, 4.69) is 37.4 Å². The molecule has 4 rings (SSSR count). The average Bonchev–Trinajstić information content (AvgIpc) is 2.90. The molecule has 2 aromatic carbocycles. The molecule has 1 aliphatic rings. The Morgan fingerprint density at radius 3 is 2.41 bits per heavy atom. The molecule has 1 aliphatic carbocycles. The Hall–Kier alpha value is -3.38. The van der Waals surface area contributed by atoms with Gasteiger partial charge in [-0.3, -0.25) is 9.78 Å². The summed E-state index contributed by atoms with van der Waals surface area (Å²) in [5.74, 6) is 0.969. The molecule has 0 bridgehead atoms. The van der Waals surface area contributed by atoms with Gasteiger partial charge < -0.3 is 20.9 Å². The van der Waals surface area contributed by atoms with Crippen LogP contribution in [0.25, 0.3) is 11.3 Å². The largest absolute Gasteiger partial charge is 0.507 e. The summed E-state index contributed by atoms with van der Waals surface area (Å²) < 4.78 is 6.37. The number of aromatic hydroxyl groups is 1. The molecule has 6 nitrogen and oxygen atoms in total. The number of primary amides is 1. The molecule has 1 amide bonds. The van der Waals surface area contributed by atoms with Crippen molar-refractivity contribution >= 4 is 5.91 Å². The van der Waals surface area contributed by atoms with Crippen molar-refractivity contribution in [1.29, 1.82) is 0 Å². The second-order valence-electron chi connectivity index (χ2n) is 10.0. The SMILES string of the molecule is CCc1cccc(CC)c1-c1cc(Oc2ccc(C(N)=O)c(O)c2)c(CNCC2CCCCC2)c(C)n1. The van der Waals surface area contributed by atoms with Gasteiger partial charge in [-0.1, -0.05) is 51.3 Å². The van der Waals surface area contributed by atoms with Crippen LogP contribution in [-0.2, 0) is 19.4 Å². The number of carbonyl (C=O) groups excluding carboxylic acids is 1. The molecule has 0 aliphatic heterocycles. The summed E-state index contributed by atoms with van der Waals surface area (Å²) in [5.41, 5.74) is 11.9. The lowest BCUT2D eigenvalue weighted by molar-refractivity contribution is 0.0997. The van der Waals surface area contributed by atoms with Gasteiger partial charge in [-0.2, -0.15) is 0 Å². The summed E-state index contributed by atoms with van der Waals surface area (Å²) in [6, 6.07) is 13.0. The molecular formula is C31H39N3O3. The smallest absolute Gasteiger partial charge is 0.252 e. The van der Waals surface area contributed by atoms with Gasteiger partial charge in [0.1, 0.15) is 17.2 Å². The number of amides is 1. The number of aromatic nitrogens is 1. The summed E-state index contributed by atoms with van der Waals surface area (Å²) >= 11 is 0. The standard InChI is InChI=1S/C31H39N3O3/c1-4-22-12-9-13-23(5-2)30(22)27-17-29(37-24-14-15-25(31(32)36)28(35)16-24)26(20(3)34-27)19-33-18-21-10-7-6-8-11-21/h9,12-17,21,33,35H,4-8,10-11,18-19H2,1-3H3,(H2,32,36). The second-order valence-corrected chi connectivity index (χ2v) is 10.0. The molecular weight excluding hydrogens is 462 g/mol. The number of nitrogens with zero attached hydrogens (tertiary/aromatic N) is 1. The van der Waals surface area contributed by atoms with Gasteiger partial charge in [-0.05, 0) is 68.3 Å². The fraction of sp³-hybridized carbons (Fsp3) is 0.419. The highest BCUT2D eigenvalue weighted by Gasteiger charge is 2.19. The molecule has 196 valence electrons. The maximum Gasteiger partial charge on any atom is 0.252 e. The highest BCUT2D eigenvalue weighted by Crippen LogP contribution is 2.36. The highest BCUT2D eigenvalue weighted by molar-refractivity contribution is 5.95. The Morgan fingerprint density at radius 1 is 1.08 bits per heavy atom. The minimum absolute atomic E-state index is 0.0674. The molecule has 4 N–H and O–H groups in total. The van der Waals surface area contributed by atoms with Crippen molar-refractivity contribution in [2.75, 3.05) is 6.54 Å². The van der Waals surface area contributed by atoms with Crippen LogP contribution in [0.2, 0.25) is 0 Å². The van der Waals surface area contributed by atoms with E-state index < -0.39 is 5.91 Å². The van der Waals surface area contributed by atoms with Crippen molar-refractivity contribution < 1.29 is 14.6 Å². The van der Waals surface area contributed by atoms with Crippen LogP contribution in [0, 0.1) is 12.8 Å². The van der Waals surface area contributed by atoms with E-state index in [1.807, 2.05) is 13.0 Å². The Labute approximate surface area is 220 Å². The predicted molar refractivity (Wildman–Crippen MR) is 148 cm³/mol. The summed E-state index contributed by atoms with van der Waals surface area (Å²) in [5, 5.41) is 14.0. The van der Waals surface area contributed by atoms with Crippen molar-refractivity contribution in [1.82, 2.24) is 10.3 Å². The van der Waals surface area contributed by atoms with E-state index >= 15 is 0 Å². The Morgan fingerprint density at radius 2 is 1.78 bits per heavy atom. The van der Waals surface area contributed by atoms with Crippen molar-refractivity contribution in [2.45, 2.75) is 72.3 Å². The van der Waals surface area contributed by atoms with Crippen LogP contribution in [0.4, 0.5) is 0 Å². The van der Waals surface area contributed by atoms with Crippen molar-refractivity contribution in [3.05, 3.63) is 70.4 Å². The van der Waals surface area contributed by atoms with E-state index in [9.17, 15) is 9.90 Å². The van der Waals surface area contributed by atoms with Crippen molar-refractivity contribution in [3.63, 3.8) is 0 Å². The molecule has 1 heterocycles. The van der Waals surface area contributed by atoms with E-state index in [-0.39, 0.29) is 11.3 Å². The number of ether oxygens (including phenoxy) is 1. The summed E-state index contributed by atoms with van der Waals surface area (Å²) in [6.45, 7) is 7.98. The van der Waals surface area contributed by atoms with Crippen molar-refractivity contribution in [2.24, 2.45) is 11.7 Å². The van der Waals surface area contributed by atoms with E-state index in [0.29, 0.717) is 24.0 Å². The third kappa shape index (κ3) is 6.31. The average molecular weight is 502 g/mol. The Bertz CT molecular complexity index is 1230. The first-order valence-corrected chi connectivity index (χ1v) is 13.5. The normalized spacial score (nSPS) is 14.0. The number of benzene rings is 2. The number of phenols is 1. The molecule has 0 radical (unpaired) electrons. The number of pyridine rings is 1. The molecule has 1 saturated carbocycles. The summed E-state index contributed by atoms with van der Waals surface area (Å²) in [7, 11) is 0. The Balaban J connectivity index is 1.71. The number of rotatable bonds is 10. The quantitative estimate of drug-likeness (QED) is 0.297. The van der Waals surface area contributed by atoms with Gasteiger partial charge in [-0.25, -0.2) is 0 Å². The molecule has 6 heteroatoms. The zero-order valence-electron chi connectivity index (χ0n) is 22.3.